The highest BCUT2D eigenvalue weighted by Gasteiger charge is 2.39. The molecule has 1 rings (SSSR count). The van der Waals surface area contributed by atoms with Gasteiger partial charge < -0.3 is 0 Å². The zero-order valence-electron chi connectivity index (χ0n) is 13.1. The first kappa shape index (κ1) is 16.7. The van der Waals surface area contributed by atoms with E-state index in [4.69, 9.17) is 0 Å². The molecule has 0 aromatic heterocycles. The van der Waals surface area contributed by atoms with Gasteiger partial charge in [-0.05, 0) is 36.5 Å². The molecule has 1 saturated carbocycles. The van der Waals surface area contributed by atoms with Gasteiger partial charge in [0.25, 0.3) is 0 Å². The molecule has 0 radical (unpaired) electrons. The summed E-state index contributed by atoms with van der Waals surface area (Å²) in [6, 6.07) is 2.41. The van der Waals surface area contributed by atoms with Gasteiger partial charge in [-0.25, -0.2) is 0 Å². The second kappa shape index (κ2) is 6.88. The van der Waals surface area contributed by atoms with Crippen LogP contribution in [-0.4, -0.2) is 15.2 Å². The van der Waals surface area contributed by atoms with Crippen LogP contribution in [0.3, 0.4) is 0 Å². The lowest BCUT2D eigenvalue weighted by atomic mass is 9.67. The Balaban J connectivity index is 2.80. The fourth-order valence-corrected chi connectivity index (χ4v) is 4.93. The van der Waals surface area contributed by atoms with Gasteiger partial charge in [0.15, 0.2) is 0 Å². The summed E-state index contributed by atoms with van der Waals surface area (Å²) in [5.41, 5.74) is 0.306. The minimum atomic E-state index is -0.847. The molecule has 1 fully saturated rings. The first-order chi connectivity index (χ1) is 8.81. The third-order valence-electron chi connectivity index (χ3n) is 4.81. The molecule has 2 nitrogen and oxygen atoms in total. The average molecular weight is 283 g/mol. The molecule has 1 aliphatic rings. The summed E-state index contributed by atoms with van der Waals surface area (Å²) in [5, 5.41) is 9.40. The number of hydrogen-bond acceptors (Lipinski definition) is 2. The molecule has 0 spiro atoms. The quantitative estimate of drug-likeness (QED) is 0.761. The van der Waals surface area contributed by atoms with E-state index in [2.05, 4.69) is 40.7 Å². The maximum Gasteiger partial charge on any atom is 0.0668 e. The van der Waals surface area contributed by atoms with Crippen LogP contribution < -0.4 is 0 Å². The summed E-state index contributed by atoms with van der Waals surface area (Å²) in [6.07, 6.45) is 4.17. The summed E-state index contributed by atoms with van der Waals surface area (Å²) in [7, 11) is -0.847. The zero-order chi connectivity index (χ0) is 14.6. The molecule has 0 bridgehead atoms. The molecule has 110 valence electrons. The predicted molar refractivity (Wildman–Crippen MR) is 82.2 cm³/mol. The normalized spacial score (nSPS) is 30.1. The molecular weight excluding hydrogens is 254 g/mol. The van der Waals surface area contributed by atoms with Gasteiger partial charge >= 0.3 is 0 Å². The van der Waals surface area contributed by atoms with Crippen molar-refractivity contribution in [2.75, 3.05) is 5.75 Å². The molecule has 4 atom stereocenters. The predicted octanol–water partition coefficient (Wildman–Crippen LogP) is 4.14. The largest absolute Gasteiger partial charge is 0.259 e. The Bertz CT molecular complexity index is 356. The molecule has 0 saturated heterocycles. The summed E-state index contributed by atoms with van der Waals surface area (Å²) < 4.78 is 12.5. The summed E-state index contributed by atoms with van der Waals surface area (Å²) in [6.45, 7) is 11.1. The van der Waals surface area contributed by atoms with E-state index < -0.39 is 10.8 Å². The molecule has 3 heteroatoms. The first-order valence-electron chi connectivity index (χ1n) is 7.58. The molecule has 0 heterocycles. The van der Waals surface area contributed by atoms with Crippen LogP contribution in [0, 0.1) is 34.5 Å². The van der Waals surface area contributed by atoms with Crippen LogP contribution in [0.5, 0.6) is 0 Å². The molecule has 0 N–H and O–H groups in total. The topological polar surface area (TPSA) is 40.9 Å². The van der Waals surface area contributed by atoms with Crippen molar-refractivity contribution in [2.24, 2.45) is 23.2 Å². The van der Waals surface area contributed by atoms with E-state index >= 15 is 0 Å². The number of nitrogens with zero attached hydrogens (tertiary/aromatic N) is 1. The van der Waals surface area contributed by atoms with Gasteiger partial charge in [-0.3, -0.25) is 4.21 Å². The van der Waals surface area contributed by atoms with Gasteiger partial charge in [-0.2, -0.15) is 5.26 Å². The summed E-state index contributed by atoms with van der Waals surface area (Å²) in [5.74, 6) is 1.80. The number of hydrogen-bond donors (Lipinski definition) is 0. The number of nitriles is 1. The maximum atomic E-state index is 12.5. The number of rotatable bonds is 5. The molecule has 0 aliphatic heterocycles. The van der Waals surface area contributed by atoms with Crippen molar-refractivity contribution in [3.8, 4) is 6.07 Å². The van der Waals surface area contributed by atoms with E-state index in [1.54, 1.807) is 0 Å². The first-order valence-corrected chi connectivity index (χ1v) is 8.96. The Kier molecular flexibility index (Phi) is 6.05. The minimum absolute atomic E-state index is 0.00323. The van der Waals surface area contributed by atoms with Crippen LogP contribution in [-0.2, 0) is 10.8 Å². The Morgan fingerprint density at radius 1 is 1.37 bits per heavy atom. The molecular formula is C16H29NOS. The van der Waals surface area contributed by atoms with Gasteiger partial charge in [0, 0.05) is 16.6 Å². The Morgan fingerprint density at radius 2 is 2.00 bits per heavy atom. The molecule has 19 heavy (non-hydrogen) atoms. The second-order valence-corrected chi connectivity index (χ2v) is 8.77. The molecule has 4 unspecified atom stereocenters. The third-order valence-corrected chi connectivity index (χ3v) is 7.00. The second-order valence-electron chi connectivity index (χ2n) is 7.07. The lowest BCUT2D eigenvalue weighted by Gasteiger charge is -2.41. The van der Waals surface area contributed by atoms with Crippen LogP contribution in [0.25, 0.3) is 0 Å². The molecule has 0 amide bonds. The van der Waals surface area contributed by atoms with E-state index in [0.29, 0.717) is 17.3 Å². The van der Waals surface area contributed by atoms with E-state index in [1.807, 2.05) is 0 Å². The van der Waals surface area contributed by atoms with Gasteiger partial charge in [0.05, 0.1) is 17.2 Å². The Labute approximate surface area is 121 Å². The summed E-state index contributed by atoms with van der Waals surface area (Å²) in [4.78, 5) is 0. The van der Waals surface area contributed by atoms with Crippen molar-refractivity contribution in [1.29, 1.82) is 5.26 Å². The highest BCUT2D eigenvalue weighted by Crippen LogP contribution is 2.43. The van der Waals surface area contributed by atoms with Crippen molar-refractivity contribution in [1.82, 2.24) is 0 Å². The van der Waals surface area contributed by atoms with Crippen LogP contribution in [0.2, 0.25) is 0 Å². The standard InChI is InChI=1S/C16H29NOS/c1-6-16(4,5)14-8-7-13(10-17)15(9-14)19(18)11-12(2)3/h12-15H,6-9,11H2,1-5H3. The fraction of sp³-hybridized carbons (Fsp3) is 0.938. The van der Waals surface area contributed by atoms with Crippen LogP contribution in [0.4, 0.5) is 0 Å². The van der Waals surface area contributed by atoms with Crippen molar-refractivity contribution in [3.63, 3.8) is 0 Å². The SMILES string of the molecule is CCC(C)(C)C1CCC(C#N)C(S(=O)CC(C)C)C1. The van der Waals surface area contributed by atoms with Crippen LogP contribution in [0.1, 0.15) is 60.3 Å². The van der Waals surface area contributed by atoms with E-state index in [-0.39, 0.29) is 11.2 Å². The minimum Gasteiger partial charge on any atom is -0.259 e. The fourth-order valence-electron chi connectivity index (χ4n) is 3.02. The van der Waals surface area contributed by atoms with E-state index in [9.17, 15) is 9.47 Å². The lowest BCUT2D eigenvalue weighted by molar-refractivity contribution is 0.143. The van der Waals surface area contributed by atoms with Gasteiger partial charge in [-0.1, -0.05) is 41.0 Å². The molecule has 0 aromatic carbocycles. The Hall–Kier alpha value is -0.360. The van der Waals surface area contributed by atoms with Crippen LogP contribution >= 0.6 is 0 Å². The maximum absolute atomic E-state index is 12.5. The highest BCUT2D eigenvalue weighted by atomic mass is 32.2. The van der Waals surface area contributed by atoms with Crippen LogP contribution in [0.15, 0.2) is 0 Å². The van der Waals surface area contributed by atoms with Crippen molar-refractivity contribution < 1.29 is 4.21 Å². The smallest absolute Gasteiger partial charge is 0.0668 e. The zero-order valence-corrected chi connectivity index (χ0v) is 13.9. The van der Waals surface area contributed by atoms with Crippen molar-refractivity contribution in [3.05, 3.63) is 0 Å². The van der Waals surface area contributed by atoms with Crippen molar-refractivity contribution >= 4 is 10.8 Å². The van der Waals surface area contributed by atoms with Crippen molar-refractivity contribution in [2.45, 2.75) is 65.6 Å². The lowest BCUT2D eigenvalue weighted by Crippen LogP contribution is -2.39. The van der Waals surface area contributed by atoms with E-state index in [0.717, 1.165) is 31.4 Å². The van der Waals surface area contributed by atoms with E-state index in [1.165, 1.54) is 0 Å². The Morgan fingerprint density at radius 3 is 2.47 bits per heavy atom. The monoisotopic (exact) mass is 283 g/mol. The highest BCUT2D eigenvalue weighted by molar-refractivity contribution is 7.85. The molecule has 1 aliphatic carbocycles. The average Bonchev–Trinajstić information content (AvgIpc) is 2.37. The molecule has 0 aromatic rings. The third kappa shape index (κ3) is 4.31. The van der Waals surface area contributed by atoms with Gasteiger partial charge in [0.2, 0.25) is 0 Å². The van der Waals surface area contributed by atoms with Gasteiger partial charge in [0.1, 0.15) is 0 Å². The van der Waals surface area contributed by atoms with Gasteiger partial charge in [-0.15, -0.1) is 0 Å². The summed E-state index contributed by atoms with van der Waals surface area (Å²) >= 11 is 0.